The molecule has 0 heterocycles. The number of carbonyl (C=O) groups excluding carboxylic acids is 2. The van der Waals surface area contributed by atoms with Crippen molar-refractivity contribution in [3.8, 4) is 0 Å². The number of ether oxygens (including phenoxy) is 2. The summed E-state index contributed by atoms with van der Waals surface area (Å²) >= 11 is 0. The lowest BCUT2D eigenvalue weighted by Gasteiger charge is -2.60. The molecule has 34 heavy (non-hydrogen) atoms. The van der Waals surface area contributed by atoms with Crippen molar-refractivity contribution in [3.05, 3.63) is 48.0 Å². The Morgan fingerprint density at radius 2 is 1.68 bits per heavy atom. The number of carbonyl (C=O) groups is 2. The zero-order valence-electron chi connectivity index (χ0n) is 18.2. The zero-order valence-corrected chi connectivity index (χ0v) is 19.0. The van der Waals surface area contributed by atoms with E-state index in [0.717, 1.165) is 17.2 Å². The van der Waals surface area contributed by atoms with E-state index in [1.807, 2.05) is 30.3 Å². The van der Waals surface area contributed by atoms with Crippen LogP contribution < -0.4 is 0 Å². The van der Waals surface area contributed by atoms with Crippen molar-refractivity contribution in [3.63, 3.8) is 0 Å². The Kier molecular flexibility index (Phi) is 5.25. The second-order valence-corrected chi connectivity index (χ2v) is 11.6. The fourth-order valence-corrected chi connectivity index (χ4v) is 6.90. The molecule has 0 spiro atoms. The fourth-order valence-electron chi connectivity index (χ4n) is 6.63. The van der Waals surface area contributed by atoms with E-state index in [2.05, 4.69) is 0 Å². The number of fused-ring (bicyclic) bond motifs is 1. The molecule has 6 rings (SSSR count). The first-order chi connectivity index (χ1) is 15.9. The molecular formula is C24H24F2O7S. The summed E-state index contributed by atoms with van der Waals surface area (Å²) in [5.74, 6) is -2.39. The van der Waals surface area contributed by atoms with Gasteiger partial charge in [-0.3, -0.25) is 4.55 Å². The molecule has 7 nitrogen and oxygen atoms in total. The lowest BCUT2D eigenvalue weighted by Crippen LogP contribution is -2.59. The van der Waals surface area contributed by atoms with Gasteiger partial charge in [0.05, 0.1) is 12.2 Å². The minimum absolute atomic E-state index is 0.187. The number of esters is 2. The predicted octanol–water partition coefficient (Wildman–Crippen LogP) is 4.36. The first-order valence-electron chi connectivity index (χ1n) is 11.1. The maximum Gasteiger partial charge on any atom is 0.465 e. The molecule has 2 unspecified atom stereocenters. The van der Waals surface area contributed by atoms with Gasteiger partial charge in [-0.15, -0.1) is 0 Å². The molecule has 0 radical (unpaired) electrons. The maximum absolute atomic E-state index is 13.6. The van der Waals surface area contributed by atoms with Gasteiger partial charge < -0.3 is 9.47 Å². The minimum atomic E-state index is -5.93. The molecule has 2 aromatic rings. The van der Waals surface area contributed by atoms with Gasteiger partial charge in [0.1, 0.15) is 5.60 Å². The second-order valence-electron chi connectivity index (χ2n) is 10.2. The van der Waals surface area contributed by atoms with E-state index in [1.165, 1.54) is 0 Å². The van der Waals surface area contributed by atoms with Crippen LogP contribution in [0.25, 0.3) is 10.8 Å². The number of halogens is 2. The normalized spacial score (nSPS) is 30.3. The minimum Gasteiger partial charge on any atom is -0.460 e. The van der Waals surface area contributed by atoms with Gasteiger partial charge in [0.25, 0.3) is 0 Å². The third-order valence-corrected chi connectivity index (χ3v) is 8.31. The Bertz CT molecular complexity index is 1260. The highest BCUT2D eigenvalue weighted by Gasteiger charge is 2.61. The Labute approximate surface area is 195 Å². The first kappa shape index (κ1) is 23.2. The van der Waals surface area contributed by atoms with Crippen molar-refractivity contribution in [2.75, 3.05) is 6.61 Å². The van der Waals surface area contributed by atoms with Gasteiger partial charge in [-0.2, -0.15) is 17.2 Å². The Morgan fingerprint density at radius 1 is 1.03 bits per heavy atom. The molecule has 4 bridgehead atoms. The molecule has 0 saturated heterocycles. The second kappa shape index (κ2) is 7.71. The monoisotopic (exact) mass is 494 g/mol. The third kappa shape index (κ3) is 3.96. The van der Waals surface area contributed by atoms with Crippen molar-refractivity contribution in [1.29, 1.82) is 0 Å². The summed E-state index contributed by atoms with van der Waals surface area (Å²) in [7, 11) is -5.93. The summed E-state index contributed by atoms with van der Waals surface area (Å²) in [5.41, 5.74) is -1.05. The molecule has 2 atom stereocenters. The highest BCUT2D eigenvalue weighted by molar-refractivity contribution is 7.87. The largest absolute Gasteiger partial charge is 0.465 e. The van der Waals surface area contributed by atoms with Crippen LogP contribution in [0.4, 0.5) is 8.78 Å². The number of benzene rings is 2. The highest BCUT2D eigenvalue weighted by Crippen LogP contribution is 2.63. The van der Waals surface area contributed by atoms with Crippen molar-refractivity contribution in [2.45, 2.75) is 49.4 Å². The molecule has 1 N–H and O–H groups in total. The van der Waals surface area contributed by atoms with Crippen molar-refractivity contribution >= 4 is 32.8 Å². The molecular weight excluding hydrogens is 470 g/mol. The van der Waals surface area contributed by atoms with Gasteiger partial charge in [-0.1, -0.05) is 30.3 Å². The molecule has 10 heteroatoms. The fraction of sp³-hybridized carbons (Fsp3) is 0.500. The van der Waals surface area contributed by atoms with E-state index in [0.29, 0.717) is 37.7 Å². The van der Waals surface area contributed by atoms with E-state index in [4.69, 9.17) is 14.0 Å². The van der Waals surface area contributed by atoms with Crippen LogP contribution in [0.15, 0.2) is 42.5 Å². The molecule has 0 aromatic heterocycles. The van der Waals surface area contributed by atoms with E-state index in [1.54, 1.807) is 12.1 Å². The van der Waals surface area contributed by atoms with Crippen LogP contribution in [0.3, 0.4) is 0 Å². The summed E-state index contributed by atoms with van der Waals surface area (Å²) in [5, 5.41) is -3.13. The Hall–Kier alpha value is -2.59. The Balaban J connectivity index is 1.34. The SMILES string of the molecule is O=C(OC12CC3CC(CC(COC(=O)C(F)(F)S(=O)(=O)O)(C3)C1)C2)c1ccc2ccccc2c1. The van der Waals surface area contributed by atoms with Crippen molar-refractivity contribution in [2.24, 2.45) is 17.3 Å². The standard InChI is InChI=1S/C24H24F2O7S/c25-24(26,34(29,30)31)21(28)32-14-22-9-15-7-16(10-22)12-23(11-15,13-22)33-20(27)19-6-5-17-3-1-2-4-18(17)8-19/h1-6,8,15-16H,7,9-14H2,(H,29,30,31). The summed E-state index contributed by atoms with van der Waals surface area (Å²) < 4.78 is 68.5. The number of rotatable bonds is 6. The van der Waals surface area contributed by atoms with Gasteiger partial charge in [0, 0.05) is 5.41 Å². The first-order valence-corrected chi connectivity index (χ1v) is 12.6. The molecule has 4 fully saturated rings. The molecule has 4 aliphatic rings. The predicted molar refractivity (Wildman–Crippen MR) is 117 cm³/mol. The van der Waals surface area contributed by atoms with Crippen molar-refractivity contribution < 1.29 is 40.8 Å². The lowest BCUT2D eigenvalue weighted by molar-refractivity contribution is -0.194. The van der Waals surface area contributed by atoms with Crippen LogP contribution >= 0.6 is 0 Å². The van der Waals surface area contributed by atoms with Crippen LogP contribution in [0.1, 0.15) is 48.9 Å². The van der Waals surface area contributed by atoms with Gasteiger partial charge in [-0.05, 0) is 73.3 Å². The van der Waals surface area contributed by atoms with Gasteiger partial charge in [0.15, 0.2) is 0 Å². The summed E-state index contributed by atoms with van der Waals surface area (Å²) in [6, 6.07) is 13.0. The summed E-state index contributed by atoms with van der Waals surface area (Å²) in [6.07, 6.45) is 3.80. The van der Waals surface area contributed by atoms with Gasteiger partial charge in [-0.25, -0.2) is 9.59 Å². The lowest BCUT2D eigenvalue weighted by atomic mass is 9.48. The zero-order chi connectivity index (χ0) is 24.4. The van der Waals surface area contributed by atoms with E-state index >= 15 is 0 Å². The number of alkyl halides is 2. The van der Waals surface area contributed by atoms with Crippen LogP contribution in [-0.4, -0.2) is 42.4 Å². The number of hydrogen-bond donors (Lipinski definition) is 1. The molecule has 182 valence electrons. The van der Waals surface area contributed by atoms with Crippen LogP contribution in [0.5, 0.6) is 0 Å². The van der Waals surface area contributed by atoms with Crippen LogP contribution in [-0.2, 0) is 24.4 Å². The maximum atomic E-state index is 13.6. The van der Waals surface area contributed by atoms with E-state index < -0.39 is 44.9 Å². The summed E-state index contributed by atoms with van der Waals surface area (Å²) in [6.45, 7) is -0.417. The molecule has 4 aliphatic carbocycles. The molecule has 2 aromatic carbocycles. The highest BCUT2D eigenvalue weighted by atomic mass is 32.2. The quantitative estimate of drug-likeness (QED) is 0.470. The van der Waals surface area contributed by atoms with Gasteiger partial charge in [0.2, 0.25) is 0 Å². The smallest absolute Gasteiger partial charge is 0.460 e. The third-order valence-electron chi connectivity index (χ3n) is 7.49. The van der Waals surface area contributed by atoms with E-state index in [-0.39, 0.29) is 11.8 Å². The van der Waals surface area contributed by atoms with Crippen LogP contribution in [0.2, 0.25) is 0 Å². The van der Waals surface area contributed by atoms with E-state index in [9.17, 15) is 26.8 Å². The molecule has 4 saturated carbocycles. The molecule has 0 aliphatic heterocycles. The Morgan fingerprint density at radius 3 is 2.32 bits per heavy atom. The molecule has 0 amide bonds. The van der Waals surface area contributed by atoms with Crippen molar-refractivity contribution in [1.82, 2.24) is 0 Å². The number of hydrogen-bond acceptors (Lipinski definition) is 6. The topological polar surface area (TPSA) is 107 Å². The average Bonchev–Trinajstić information content (AvgIpc) is 2.75. The van der Waals surface area contributed by atoms with Gasteiger partial charge >= 0.3 is 27.3 Å². The summed E-state index contributed by atoms with van der Waals surface area (Å²) in [4.78, 5) is 24.8. The van der Waals surface area contributed by atoms with Crippen LogP contribution in [0, 0.1) is 17.3 Å². The average molecular weight is 495 g/mol.